The summed E-state index contributed by atoms with van der Waals surface area (Å²) < 4.78 is 47.3. The molecule has 0 bridgehead atoms. The van der Waals surface area contributed by atoms with Gasteiger partial charge >= 0.3 is 0 Å². The Labute approximate surface area is 181 Å². The van der Waals surface area contributed by atoms with Crippen LogP contribution in [-0.4, -0.2) is 54.6 Å². The lowest BCUT2D eigenvalue weighted by Gasteiger charge is -2.25. The zero-order chi connectivity index (χ0) is 22.6. The number of fused-ring (bicyclic) bond motifs is 1. The molecule has 31 heavy (non-hydrogen) atoms. The summed E-state index contributed by atoms with van der Waals surface area (Å²) in [4.78, 5) is 12.7. The fourth-order valence-electron chi connectivity index (χ4n) is 3.21. The summed E-state index contributed by atoms with van der Waals surface area (Å²) >= 11 is 0. The van der Waals surface area contributed by atoms with Gasteiger partial charge < -0.3 is 24.3 Å². The number of nitrogens with zero attached hydrogens (tertiary/aromatic N) is 1. The van der Waals surface area contributed by atoms with Crippen molar-refractivity contribution < 1.29 is 32.2 Å². The maximum atomic E-state index is 12.7. The number of ether oxygens (including phenoxy) is 4. The van der Waals surface area contributed by atoms with Gasteiger partial charge in [-0.15, -0.1) is 0 Å². The number of hydrogen-bond donors (Lipinski definition) is 1. The predicted molar refractivity (Wildman–Crippen MR) is 116 cm³/mol. The smallest absolute Gasteiger partial charge is 0.241 e. The van der Waals surface area contributed by atoms with Crippen LogP contribution in [0.25, 0.3) is 0 Å². The lowest BCUT2D eigenvalue weighted by molar-refractivity contribution is -0.120. The van der Waals surface area contributed by atoms with Crippen LogP contribution in [0.15, 0.2) is 36.4 Å². The Hall–Kier alpha value is -3.14. The Morgan fingerprint density at radius 2 is 1.74 bits per heavy atom. The summed E-state index contributed by atoms with van der Waals surface area (Å²) in [7, 11) is -0.648. The van der Waals surface area contributed by atoms with E-state index in [1.54, 1.807) is 50.4 Å². The monoisotopic (exact) mass is 450 g/mol. The minimum Gasteiger partial charge on any atom is -0.493 e. The highest BCUT2D eigenvalue weighted by Gasteiger charge is 2.24. The molecule has 1 aliphatic rings. The van der Waals surface area contributed by atoms with Crippen molar-refractivity contribution in [1.82, 2.24) is 5.32 Å². The SMILES string of the molecule is COc1ccc(C(C)NC(=O)CN(c2ccc3c(c2)OCCO3)S(C)(=O)=O)cc1OC. The summed E-state index contributed by atoms with van der Waals surface area (Å²) in [5.41, 5.74) is 1.11. The van der Waals surface area contributed by atoms with E-state index in [1.807, 2.05) is 0 Å². The van der Waals surface area contributed by atoms with Gasteiger partial charge in [-0.25, -0.2) is 8.42 Å². The number of benzene rings is 2. The lowest BCUT2D eigenvalue weighted by atomic mass is 10.1. The highest BCUT2D eigenvalue weighted by molar-refractivity contribution is 7.92. The third kappa shape index (κ3) is 5.32. The number of anilines is 1. The zero-order valence-electron chi connectivity index (χ0n) is 17.9. The van der Waals surface area contributed by atoms with Crippen molar-refractivity contribution in [3.63, 3.8) is 0 Å². The number of rotatable bonds is 8. The highest BCUT2D eigenvalue weighted by Crippen LogP contribution is 2.35. The molecule has 1 amide bonds. The Morgan fingerprint density at radius 1 is 1.06 bits per heavy atom. The summed E-state index contributed by atoms with van der Waals surface area (Å²) in [5.74, 6) is 1.64. The number of carbonyl (C=O) groups excluding carboxylic acids is 1. The molecular weight excluding hydrogens is 424 g/mol. The number of sulfonamides is 1. The van der Waals surface area contributed by atoms with Crippen LogP contribution in [0.4, 0.5) is 5.69 Å². The van der Waals surface area contributed by atoms with Crippen molar-refractivity contribution in [3.05, 3.63) is 42.0 Å². The van der Waals surface area contributed by atoms with Crippen LogP contribution in [0.1, 0.15) is 18.5 Å². The summed E-state index contributed by atoms with van der Waals surface area (Å²) in [6.07, 6.45) is 1.05. The van der Waals surface area contributed by atoms with Crippen LogP contribution in [0.3, 0.4) is 0 Å². The van der Waals surface area contributed by atoms with E-state index in [-0.39, 0.29) is 12.6 Å². The first-order valence-electron chi connectivity index (χ1n) is 9.61. The third-order valence-electron chi connectivity index (χ3n) is 4.79. The van der Waals surface area contributed by atoms with Crippen molar-refractivity contribution in [2.24, 2.45) is 0 Å². The van der Waals surface area contributed by atoms with E-state index < -0.39 is 15.9 Å². The molecule has 1 unspecified atom stereocenters. The van der Waals surface area contributed by atoms with Gasteiger partial charge in [0.15, 0.2) is 23.0 Å². The quantitative estimate of drug-likeness (QED) is 0.657. The second kappa shape index (κ2) is 9.34. The van der Waals surface area contributed by atoms with Crippen LogP contribution in [0.2, 0.25) is 0 Å². The van der Waals surface area contributed by atoms with Gasteiger partial charge in [-0.1, -0.05) is 6.07 Å². The largest absolute Gasteiger partial charge is 0.493 e. The van der Waals surface area contributed by atoms with E-state index >= 15 is 0 Å². The Balaban J connectivity index is 1.76. The van der Waals surface area contributed by atoms with Gasteiger partial charge in [0.1, 0.15) is 19.8 Å². The van der Waals surface area contributed by atoms with E-state index in [4.69, 9.17) is 18.9 Å². The molecule has 9 nitrogen and oxygen atoms in total. The number of methoxy groups -OCH3 is 2. The molecule has 0 aliphatic carbocycles. The molecule has 1 heterocycles. The van der Waals surface area contributed by atoms with E-state index in [0.717, 1.165) is 16.1 Å². The first kappa shape index (κ1) is 22.5. The van der Waals surface area contributed by atoms with Crippen LogP contribution >= 0.6 is 0 Å². The second-order valence-corrected chi connectivity index (χ2v) is 8.91. The average Bonchev–Trinajstić information content (AvgIpc) is 2.75. The Morgan fingerprint density at radius 3 is 2.39 bits per heavy atom. The minimum atomic E-state index is -3.72. The van der Waals surface area contributed by atoms with Crippen molar-refractivity contribution in [2.45, 2.75) is 13.0 Å². The van der Waals surface area contributed by atoms with Gasteiger partial charge in [-0.3, -0.25) is 9.10 Å². The molecule has 1 N–H and O–H groups in total. The van der Waals surface area contributed by atoms with E-state index in [9.17, 15) is 13.2 Å². The van der Waals surface area contributed by atoms with Crippen LogP contribution in [0.5, 0.6) is 23.0 Å². The van der Waals surface area contributed by atoms with Gasteiger partial charge in [0.25, 0.3) is 0 Å². The van der Waals surface area contributed by atoms with Crippen molar-refractivity contribution in [2.75, 3.05) is 44.5 Å². The zero-order valence-corrected chi connectivity index (χ0v) is 18.7. The average molecular weight is 451 g/mol. The lowest BCUT2D eigenvalue weighted by Crippen LogP contribution is -2.41. The first-order chi connectivity index (χ1) is 14.7. The molecule has 1 atom stereocenters. The molecule has 0 saturated carbocycles. The topological polar surface area (TPSA) is 103 Å². The number of amides is 1. The number of hydrogen-bond acceptors (Lipinski definition) is 7. The highest BCUT2D eigenvalue weighted by atomic mass is 32.2. The van der Waals surface area contributed by atoms with Crippen LogP contribution in [-0.2, 0) is 14.8 Å². The number of nitrogens with one attached hydrogen (secondary N) is 1. The molecule has 0 saturated heterocycles. The molecule has 0 radical (unpaired) electrons. The maximum Gasteiger partial charge on any atom is 0.241 e. The molecule has 10 heteroatoms. The van der Waals surface area contributed by atoms with Crippen LogP contribution < -0.4 is 28.6 Å². The first-order valence-corrected chi connectivity index (χ1v) is 11.5. The van der Waals surface area contributed by atoms with Gasteiger partial charge in [-0.2, -0.15) is 0 Å². The molecule has 0 fully saturated rings. The van der Waals surface area contributed by atoms with Crippen molar-refractivity contribution >= 4 is 21.6 Å². The Kier molecular flexibility index (Phi) is 6.79. The molecular formula is C21H26N2O7S. The molecule has 0 spiro atoms. The van der Waals surface area contributed by atoms with Crippen molar-refractivity contribution in [1.29, 1.82) is 0 Å². The number of carbonyl (C=O) groups is 1. The molecule has 3 rings (SSSR count). The molecule has 1 aliphatic heterocycles. The minimum absolute atomic E-state index is 0.320. The second-order valence-electron chi connectivity index (χ2n) is 7.00. The third-order valence-corrected chi connectivity index (χ3v) is 5.93. The molecule has 2 aromatic rings. The van der Waals surface area contributed by atoms with Crippen molar-refractivity contribution in [3.8, 4) is 23.0 Å². The normalized spacial score (nSPS) is 13.8. The maximum absolute atomic E-state index is 12.7. The fraction of sp³-hybridized carbons (Fsp3) is 0.381. The summed E-state index contributed by atoms with van der Waals surface area (Å²) in [6, 6.07) is 9.70. The van der Waals surface area contributed by atoms with Gasteiger partial charge in [0.2, 0.25) is 15.9 Å². The van der Waals surface area contributed by atoms with Gasteiger partial charge in [-0.05, 0) is 36.8 Å². The van der Waals surface area contributed by atoms with Gasteiger partial charge in [0, 0.05) is 6.07 Å². The summed E-state index contributed by atoms with van der Waals surface area (Å²) in [5, 5.41) is 2.82. The van der Waals surface area contributed by atoms with Gasteiger partial charge in [0.05, 0.1) is 32.2 Å². The summed E-state index contributed by atoms with van der Waals surface area (Å²) in [6.45, 7) is 2.22. The van der Waals surface area contributed by atoms with E-state index in [2.05, 4.69) is 5.32 Å². The predicted octanol–water partition coefficient (Wildman–Crippen LogP) is 2.12. The molecule has 168 valence electrons. The van der Waals surface area contributed by atoms with E-state index in [0.29, 0.717) is 41.9 Å². The Bertz CT molecular complexity index is 1060. The standard InChI is InChI=1S/C21H26N2O7S/c1-14(15-5-7-17(27-2)19(11-15)28-3)22-21(24)13-23(31(4,25)26)16-6-8-18-20(12-16)30-10-9-29-18/h5-8,11-12,14H,9-10,13H2,1-4H3,(H,22,24). The fourth-order valence-corrected chi connectivity index (χ4v) is 4.06. The van der Waals surface area contributed by atoms with E-state index in [1.165, 1.54) is 7.11 Å². The molecule has 2 aromatic carbocycles. The van der Waals surface area contributed by atoms with Crippen LogP contribution in [0, 0.1) is 0 Å². The molecule has 0 aromatic heterocycles.